The molecule has 0 atom stereocenters. The Bertz CT molecular complexity index is 922. The lowest BCUT2D eigenvalue weighted by Crippen LogP contribution is -2.48. The smallest absolute Gasteiger partial charge is 0.325 e. The summed E-state index contributed by atoms with van der Waals surface area (Å²) in [5.41, 5.74) is 2.76. The third-order valence-electron chi connectivity index (χ3n) is 7.51. The van der Waals surface area contributed by atoms with Crippen LogP contribution in [0.5, 0.6) is 0 Å². The molecule has 4 bridgehead atoms. The van der Waals surface area contributed by atoms with Crippen molar-refractivity contribution >= 4 is 29.5 Å². The molecule has 8 nitrogen and oxygen atoms in total. The van der Waals surface area contributed by atoms with Gasteiger partial charge in [-0.2, -0.15) is 0 Å². The van der Waals surface area contributed by atoms with Gasteiger partial charge in [0.1, 0.15) is 6.54 Å². The Kier molecular flexibility index (Phi) is 6.72. The molecule has 33 heavy (non-hydrogen) atoms. The number of imide groups is 1. The van der Waals surface area contributed by atoms with Crippen LogP contribution in [0.4, 0.5) is 10.5 Å². The van der Waals surface area contributed by atoms with Crippen LogP contribution < -0.4 is 16.0 Å². The predicted molar refractivity (Wildman–Crippen MR) is 122 cm³/mol. The molecule has 1 aromatic rings. The van der Waals surface area contributed by atoms with Crippen molar-refractivity contribution < 1.29 is 23.9 Å². The Hall–Kier alpha value is -2.90. The molecule has 3 N–H and O–H groups in total. The molecule has 4 saturated carbocycles. The predicted octanol–water partition coefficient (Wildman–Crippen LogP) is 3.22. The topological polar surface area (TPSA) is 114 Å². The lowest BCUT2D eigenvalue weighted by atomic mass is 9.49. The number of ether oxygens (including phenoxy) is 1. The summed E-state index contributed by atoms with van der Waals surface area (Å²) >= 11 is 0. The minimum atomic E-state index is -0.746. The molecule has 0 heterocycles. The highest BCUT2D eigenvalue weighted by Gasteiger charge is 2.51. The summed E-state index contributed by atoms with van der Waals surface area (Å²) in [6.07, 6.45) is 7.79. The molecule has 8 heteroatoms. The van der Waals surface area contributed by atoms with Crippen molar-refractivity contribution in [3.05, 3.63) is 29.3 Å². The summed E-state index contributed by atoms with van der Waals surface area (Å²) in [6, 6.07) is 4.69. The number of carbonyl (C=O) groups excluding carboxylic acids is 4. The van der Waals surface area contributed by atoms with Crippen LogP contribution in [0.2, 0.25) is 0 Å². The maximum atomic E-state index is 12.5. The molecule has 0 aliphatic heterocycles. The minimum absolute atomic E-state index is 0.103. The van der Waals surface area contributed by atoms with Crippen LogP contribution in [0.3, 0.4) is 0 Å². The fourth-order valence-electron chi connectivity index (χ4n) is 6.42. The van der Waals surface area contributed by atoms with Gasteiger partial charge >= 0.3 is 12.0 Å². The van der Waals surface area contributed by atoms with Crippen molar-refractivity contribution in [2.45, 2.75) is 58.8 Å². The molecule has 4 aliphatic carbocycles. The Morgan fingerprint density at radius 2 is 1.58 bits per heavy atom. The van der Waals surface area contributed by atoms with E-state index in [0.29, 0.717) is 12.1 Å². The number of urea groups is 1. The van der Waals surface area contributed by atoms with Crippen LogP contribution in [-0.2, 0) is 19.1 Å². The first kappa shape index (κ1) is 23.3. The molecular formula is C25H33N3O5. The molecule has 0 spiro atoms. The standard InChI is InChI=1S/C25H33N3O5/c1-15-3-4-20(5-16(15)2)27-24(32)28-22(30)14-33-23(31)13-26-21(29)12-25-9-17-6-18(10-25)8-19(7-17)11-25/h3-5,17-19H,6-14H2,1-2H3,(H,26,29)(H2,27,28,30,32). The van der Waals surface area contributed by atoms with E-state index >= 15 is 0 Å². The number of carbonyl (C=O) groups is 4. The lowest BCUT2D eigenvalue weighted by molar-refractivity contribution is -0.148. The van der Waals surface area contributed by atoms with Gasteiger partial charge in [0.25, 0.3) is 5.91 Å². The Morgan fingerprint density at radius 3 is 2.18 bits per heavy atom. The van der Waals surface area contributed by atoms with Crippen LogP contribution in [0.15, 0.2) is 18.2 Å². The monoisotopic (exact) mass is 455 g/mol. The van der Waals surface area contributed by atoms with Gasteiger partial charge in [-0.25, -0.2) is 4.79 Å². The van der Waals surface area contributed by atoms with E-state index in [0.717, 1.165) is 48.1 Å². The molecule has 0 radical (unpaired) electrons. The largest absolute Gasteiger partial charge is 0.454 e. The number of aryl methyl sites for hydroxylation is 2. The number of rotatable bonds is 7. The third kappa shape index (κ3) is 5.92. The van der Waals surface area contributed by atoms with Crippen LogP contribution >= 0.6 is 0 Å². The summed E-state index contributed by atoms with van der Waals surface area (Å²) in [5, 5.41) is 7.32. The molecule has 178 valence electrons. The zero-order valence-corrected chi connectivity index (χ0v) is 19.4. The number of benzene rings is 1. The molecule has 0 aromatic heterocycles. The average Bonchev–Trinajstić information content (AvgIpc) is 2.72. The van der Waals surface area contributed by atoms with Crippen molar-refractivity contribution in [3.63, 3.8) is 0 Å². The van der Waals surface area contributed by atoms with E-state index in [9.17, 15) is 19.2 Å². The maximum Gasteiger partial charge on any atom is 0.325 e. The van der Waals surface area contributed by atoms with Crippen molar-refractivity contribution in [2.75, 3.05) is 18.5 Å². The maximum absolute atomic E-state index is 12.5. The van der Waals surface area contributed by atoms with E-state index in [1.165, 1.54) is 19.3 Å². The number of esters is 1. The highest BCUT2D eigenvalue weighted by molar-refractivity contribution is 6.02. The summed E-state index contributed by atoms with van der Waals surface area (Å²) < 4.78 is 4.89. The van der Waals surface area contributed by atoms with Gasteiger partial charge in [0, 0.05) is 12.1 Å². The highest BCUT2D eigenvalue weighted by Crippen LogP contribution is 2.61. The minimum Gasteiger partial charge on any atom is -0.454 e. The zero-order chi connectivity index (χ0) is 23.6. The number of hydrogen-bond donors (Lipinski definition) is 3. The number of nitrogens with one attached hydrogen (secondary N) is 3. The van der Waals surface area contributed by atoms with E-state index in [2.05, 4.69) is 16.0 Å². The number of hydrogen-bond acceptors (Lipinski definition) is 5. The van der Waals surface area contributed by atoms with Gasteiger partial charge in [0.2, 0.25) is 5.91 Å². The van der Waals surface area contributed by atoms with Crippen molar-refractivity contribution in [3.8, 4) is 0 Å². The highest BCUT2D eigenvalue weighted by atomic mass is 16.5. The van der Waals surface area contributed by atoms with Gasteiger partial charge in [-0.15, -0.1) is 0 Å². The summed E-state index contributed by atoms with van der Waals surface area (Å²) in [6.45, 7) is 3.00. The van der Waals surface area contributed by atoms with Crippen LogP contribution in [0, 0.1) is 37.0 Å². The average molecular weight is 456 g/mol. The fraction of sp³-hybridized carbons (Fsp3) is 0.600. The molecule has 0 saturated heterocycles. The number of anilines is 1. The first-order valence-electron chi connectivity index (χ1n) is 11.8. The molecule has 0 unspecified atom stereocenters. The fourth-order valence-corrected chi connectivity index (χ4v) is 6.42. The normalized spacial score (nSPS) is 27.0. The SMILES string of the molecule is Cc1ccc(NC(=O)NC(=O)COC(=O)CNC(=O)CC23CC4CC(CC(C4)C2)C3)cc1C. The first-order chi connectivity index (χ1) is 15.7. The Labute approximate surface area is 194 Å². The van der Waals surface area contributed by atoms with Crippen LogP contribution in [0.25, 0.3) is 0 Å². The summed E-state index contributed by atoms with van der Waals surface area (Å²) in [7, 11) is 0. The second-order valence-electron chi connectivity index (χ2n) is 10.3. The molecule has 4 fully saturated rings. The first-order valence-corrected chi connectivity index (χ1v) is 11.8. The second-order valence-corrected chi connectivity index (χ2v) is 10.3. The van der Waals surface area contributed by atoms with Gasteiger partial charge in [0.15, 0.2) is 6.61 Å². The Balaban J connectivity index is 1.13. The van der Waals surface area contributed by atoms with E-state index in [4.69, 9.17) is 4.74 Å². The van der Waals surface area contributed by atoms with Crippen molar-refractivity contribution in [1.29, 1.82) is 0 Å². The third-order valence-corrected chi connectivity index (χ3v) is 7.51. The molecule has 4 aliphatic rings. The van der Waals surface area contributed by atoms with Crippen LogP contribution in [-0.4, -0.2) is 37.0 Å². The van der Waals surface area contributed by atoms with Crippen LogP contribution in [0.1, 0.15) is 56.1 Å². The van der Waals surface area contributed by atoms with Crippen molar-refractivity contribution in [2.24, 2.45) is 23.2 Å². The molecular weight excluding hydrogens is 422 g/mol. The van der Waals surface area contributed by atoms with Gasteiger partial charge in [-0.1, -0.05) is 6.07 Å². The molecule has 5 rings (SSSR count). The van der Waals surface area contributed by atoms with Gasteiger partial charge in [0.05, 0.1) is 0 Å². The van der Waals surface area contributed by atoms with E-state index in [1.807, 2.05) is 19.9 Å². The van der Waals surface area contributed by atoms with Crippen molar-refractivity contribution in [1.82, 2.24) is 10.6 Å². The van der Waals surface area contributed by atoms with Gasteiger partial charge in [-0.05, 0) is 98.8 Å². The lowest BCUT2D eigenvalue weighted by Gasteiger charge is -2.56. The zero-order valence-electron chi connectivity index (χ0n) is 19.4. The van der Waals surface area contributed by atoms with Gasteiger partial charge < -0.3 is 15.4 Å². The number of amides is 4. The van der Waals surface area contributed by atoms with E-state index < -0.39 is 24.5 Å². The van der Waals surface area contributed by atoms with Gasteiger partial charge in [-0.3, -0.25) is 19.7 Å². The van der Waals surface area contributed by atoms with E-state index in [1.54, 1.807) is 12.1 Å². The summed E-state index contributed by atoms with van der Waals surface area (Å²) in [5.74, 6) is 0.702. The Morgan fingerprint density at radius 1 is 0.939 bits per heavy atom. The quantitative estimate of drug-likeness (QED) is 0.547. The second kappa shape index (κ2) is 9.53. The molecule has 4 amide bonds. The summed E-state index contributed by atoms with van der Waals surface area (Å²) in [4.78, 5) is 48.3. The van der Waals surface area contributed by atoms with E-state index in [-0.39, 0.29) is 17.9 Å². The molecule has 1 aromatic carbocycles.